The van der Waals surface area contributed by atoms with Crippen molar-refractivity contribution >= 4 is 0 Å². The van der Waals surface area contributed by atoms with Gasteiger partial charge in [0.1, 0.15) is 5.82 Å². The molecule has 0 saturated heterocycles. The zero-order valence-electron chi connectivity index (χ0n) is 8.50. The number of aryl methyl sites for hydroxylation is 1. The van der Waals surface area contributed by atoms with Crippen molar-refractivity contribution < 1.29 is 4.39 Å². The second kappa shape index (κ2) is 3.81. The van der Waals surface area contributed by atoms with Crippen LogP contribution in [0.5, 0.6) is 0 Å². The van der Waals surface area contributed by atoms with Crippen LogP contribution < -0.4 is 0 Å². The van der Waals surface area contributed by atoms with Crippen LogP contribution in [0, 0.1) is 18.7 Å². The molecule has 0 radical (unpaired) electrons. The van der Waals surface area contributed by atoms with E-state index in [0.29, 0.717) is 17.4 Å². The molecule has 0 amide bonds. The van der Waals surface area contributed by atoms with Crippen LogP contribution in [-0.2, 0) is 0 Å². The number of hydrogen-bond acceptors (Lipinski definition) is 2. The maximum absolute atomic E-state index is 13.3. The van der Waals surface area contributed by atoms with E-state index in [4.69, 9.17) is 0 Å². The van der Waals surface area contributed by atoms with Crippen LogP contribution in [0.4, 0.5) is 4.39 Å². The average molecular weight is 182 g/mol. The standard InChI is InChI=1S/C10H15FN2/c1-6(2)7(3)10-9(11)5-12-8(4)13-10/h5-7H,1-4H3. The molecule has 0 aromatic carbocycles. The predicted molar refractivity (Wildman–Crippen MR) is 50.0 cm³/mol. The van der Waals surface area contributed by atoms with Crippen molar-refractivity contribution in [3.8, 4) is 0 Å². The van der Waals surface area contributed by atoms with Gasteiger partial charge in [-0.2, -0.15) is 0 Å². The van der Waals surface area contributed by atoms with Gasteiger partial charge < -0.3 is 0 Å². The SMILES string of the molecule is Cc1ncc(F)c(C(C)C(C)C)n1. The number of aromatic nitrogens is 2. The summed E-state index contributed by atoms with van der Waals surface area (Å²) in [7, 11) is 0. The van der Waals surface area contributed by atoms with Crippen molar-refractivity contribution in [2.45, 2.75) is 33.6 Å². The molecule has 1 aromatic heterocycles. The maximum Gasteiger partial charge on any atom is 0.163 e. The fourth-order valence-corrected chi connectivity index (χ4v) is 1.11. The minimum absolute atomic E-state index is 0.140. The van der Waals surface area contributed by atoms with Gasteiger partial charge in [-0.05, 0) is 12.8 Å². The first-order valence-corrected chi connectivity index (χ1v) is 4.51. The molecule has 1 heterocycles. The van der Waals surface area contributed by atoms with E-state index in [0.717, 1.165) is 0 Å². The number of halogens is 1. The summed E-state index contributed by atoms with van der Waals surface area (Å²) in [6, 6.07) is 0. The second-order valence-corrected chi connectivity index (χ2v) is 3.68. The summed E-state index contributed by atoms with van der Waals surface area (Å²) < 4.78 is 13.3. The Kier molecular flexibility index (Phi) is 2.96. The van der Waals surface area contributed by atoms with Crippen LogP contribution in [0.25, 0.3) is 0 Å². The molecule has 0 saturated carbocycles. The molecule has 0 spiro atoms. The lowest BCUT2D eigenvalue weighted by Crippen LogP contribution is -2.09. The van der Waals surface area contributed by atoms with Crippen molar-refractivity contribution in [2.75, 3.05) is 0 Å². The average Bonchev–Trinajstić information content (AvgIpc) is 2.08. The van der Waals surface area contributed by atoms with Gasteiger partial charge >= 0.3 is 0 Å². The molecule has 1 atom stereocenters. The van der Waals surface area contributed by atoms with Gasteiger partial charge in [0.25, 0.3) is 0 Å². The van der Waals surface area contributed by atoms with E-state index in [1.54, 1.807) is 6.92 Å². The van der Waals surface area contributed by atoms with E-state index in [2.05, 4.69) is 23.8 Å². The highest BCUT2D eigenvalue weighted by Gasteiger charge is 2.16. The molecule has 1 aromatic rings. The van der Waals surface area contributed by atoms with Gasteiger partial charge in [0, 0.05) is 5.92 Å². The highest BCUT2D eigenvalue weighted by atomic mass is 19.1. The first kappa shape index (κ1) is 10.1. The lowest BCUT2D eigenvalue weighted by Gasteiger charge is -2.15. The highest BCUT2D eigenvalue weighted by Crippen LogP contribution is 2.23. The molecule has 0 N–H and O–H groups in total. The van der Waals surface area contributed by atoms with Crippen LogP contribution in [0.2, 0.25) is 0 Å². The van der Waals surface area contributed by atoms with Gasteiger partial charge in [-0.25, -0.2) is 14.4 Å². The van der Waals surface area contributed by atoms with Crippen molar-refractivity contribution in [1.29, 1.82) is 0 Å². The number of nitrogens with zero attached hydrogens (tertiary/aromatic N) is 2. The van der Waals surface area contributed by atoms with Crippen molar-refractivity contribution in [3.63, 3.8) is 0 Å². The third-order valence-corrected chi connectivity index (χ3v) is 2.32. The molecule has 0 bridgehead atoms. The van der Waals surface area contributed by atoms with E-state index in [1.165, 1.54) is 6.20 Å². The Morgan fingerprint density at radius 1 is 1.31 bits per heavy atom. The minimum Gasteiger partial charge on any atom is -0.239 e. The summed E-state index contributed by atoms with van der Waals surface area (Å²) in [5, 5.41) is 0. The monoisotopic (exact) mass is 182 g/mol. The van der Waals surface area contributed by atoms with Crippen LogP contribution >= 0.6 is 0 Å². The fraction of sp³-hybridized carbons (Fsp3) is 0.600. The van der Waals surface area contributed by atoms with E-state index < -0.39 is 0 Å². The number of hydrogen-bond donors (Lipinski definition) is 0. The molecule has 0 aliphatic rings. The highest BCUT2D eigenvalue weighted by molar-refractivity contribution is 5.10. The van der Waals surface area contributed by atoms with Gasteiger partial charge in [-0.3, -0.25) is 0 Å². The Labute approximate surface area is 78.2 Å². The zero-order chi connectivity index (χ0) is 10.0. The summed E-state index contributed by atoms with van der Waals surface area (Å²) in [6.07, 6.45) is 1.25. The molecule has 13 heavy (non-hydrogen) atoms. The smallest absolute Gasteiger partial charge is 0.163 e. The van der Waals surface area contributed by atoms with E-state index in [-0.39, 0.29) is 11.7 Å². The molecule has 0 aliphatic carbocycles. The summed E-state index contributed by atoms with van der Waals surface area (Å²) in [4.78, 5) is 7.90. The van der Waals surface area contributed by atoms with Gasteiger partial charge in [-0.1, -0.05) is 20.8 Å². The van der Waals surface area contributed by atoms with Gasteiger partial charge in [0.15, 0.2) is 5.82 Å². The lowest BCUT2D eigenvalue weighted by molar-refractivity contribution is 0.482. The largest absolute Gasteiger partial charge is 0.239 e. The molecular formula is C10H15FN2. The van der Waals surface area contributed by atoms with Crippen LogP contribution in [0.1, 0.15) is 38.2 Å². The molecular weight excluding hydrogens is 167 g/mol. The third kappa shape index (κ3) is 2.23. The summed E-state index contributed by atoms with van der Waals surface area (Å²) in [6.45, 7) is 7.87. The Morgan fingerprint density at radius 2 is 1.92 bits per heavy atom. The third-order valence-electron chi connectivity index (χ3n) is 2.32. The normalized spacial score (nSPS) is 13.4. The van der Waals surface area contributed by atoms with Crippen molar-refractivity contribution in [1.82, 2.24) is 9.97 Å². The number of rotatable bonds is 2. The van der Waals surface area contributed by atoms with E-state index in [9.17, 15) is 4.39 Å². The van der Waals surface area contributed by atoms with E-state index >= 15 is 0 Å². The van der Waals surface area contributed by atoms with Crippen LogP contribution in [0.15, 0.2) is 6.20 Å². The lowest BCUT2D eigenvalue weighted by atomic mass is 9.94. The van der Waals surface area contributed by atoms with Gasteiger partial charge in [-0.15, -0.1) is 0 Å². The molecule has 1 rings (SSSR count). The summed E-state index contributed by atoms with van der Waals surface area (Å²) in [5.41, 5.74) is 0.530. The Bertz CT molecular complexity index is 297. The molecule has 0 aliphatic heterocycles. The quantitative estimate of drug-likeness (QED) is 0.702. The first-order valence-electron chi connectivity index (χ1n) is 4.51. The van der Waals surface area contributed by atoms with Crippen molar-refractivity contribution in [2.24, 2.45) is 5.92 Å². The van der Waals surface area contributed by atoms with Crippen molar-refractivity contribution in [3.05, 3.63) is 23.5 Å². The Hall–Kier alpha value is -0.990. The molecule has 0 fully saturated rings. The second-order valence-electron chi connectivity index (χ2n) is 3.68. The molecule has 3 heteroatoms. The molecule has 2 nitrogen and oxygen atoms in total. The maximum atomic E-state index is 13.3. The molecule has 72 valence electrons. The summed E-state index contributed by atoms with van der Waals surface area (Å²) in [5.74, 6) is 0.862. The minimum atomic E-state index is -0.299. The van der Waals surface area contributed by atoms with E-state index in [1.807, 2.05) is 6.92 Å². The topological polar surface area (TPSA) is 25.8 Å². The zero-order valence-corrected chi connectivity index (χ0v) is 8.50. The Morgan fingerprint density at radius 3 is 2.46 bits per heavy atom. The predicted octanol–water partition coefficient (Wildman–Crippen LogP) is 2.68. The summed E-state index contributed by atoms with van der Waals surface area (Å²) >= 11 is 0. The molecule has 1 unspecified atom stereocenters. The van der Waals surface area contributed by atoms with Crippen LogP contribution in [0.3, 0.4) is 0 Å². The van der Waals surface area contributed by atoms with Gasteiger partial charge in [0.05, 0.1) is 11.9 Å². The first-order chi connectivity index (χ1) is 6.02. The Balaban J connectivity index is 3.05. The van der Waals surface area contributed by atoms with Gasteiger partial charge in [0.2, 0.25) is 0 Å². The van der Waals surface area contributed by atoms with Crippen LogP contribution in [-0.4, -0.2) is 9.97 Å². The fourth-order valence-electron chi connectivity index (χ4n) is 1.11.